The van der Waals surface area contributed by atoms with Crippen molar-refractivity contribution in [2.24, 2.45) is 11.8 Å². The fraction of sp³-hybridized carbons (Fsp3) is 0.588. The van der Waals surface area contributed by atoms with Gasteiger partial charge in [-0.15, -0.1) is 0 Å². The molecule has 1 aromatic carbocycles. The van der Waals surface area contributed by atoms with Crippen LogP contribution in [0.3, 0.4) is 0 Å². The van der Waals surface area contributed by atoms with E-state index in [1.807, 2.05) is 31.7 Å². The second-order valence-corrected chi connectivity index (χ2v) is 7.15. The lowest BCUT2D eigenvalue weighted by Gasteiger charge is -2.26. The van der Waals surface area contributed by atoms with E-state index in [0.717, 1.165) is 26.2 Å². The summed E-state index contributed by atoms with van der Waals surface area (Å²) in [5, 5.41) is 0. The number of hydrogen-bond acceptors (Lipinski definition) is 3. The lowest BCUT2D eigenvalue weighted by molar-refractivity contribution is 0.0282. The Hall–Kier alpha value is -1.71. The molecule has 2 fully saturated rings. The molecule has 4 nitrogen and oxygen atoms in total. The zero-order chi connectivity index (χ0) is 15.0. The maximum absolute atomic E-state index is 12.1. The van der Waals surface area contributed by atoms with Crippen LogP contribution in [0.5, 0.6) is 0 Å². The van der Waals surface area contributed by atoms with Gasteiger partial charge in [0.2, 0.25) is 0 Å². The molecule has 114 valence electrons. The Morgan fingerprint density at radius 2 is 1.62 bits per heavy atom. The molecule has 0 aliphatic carbocycles. The number of benzene rings is 1. The van der Waals surface area contributed by atoms with Crippen molar-refractivity contribution in [1.82, 2.24) is 4.90 Å². The zero-order valence-corrected chi connectivity index (χ0v) is 13.1. The molecule has 0 spiro atoms. The maximum atomic E-state index is 12.1. The molecule has 1 amide bonds. The molecule has 4 heteroatoms. The SMILES string of the molecule is CC(C)(C)OC(=O)N1C[C@@H]2CN(c3ccccc3)C[C@@H]2C1. The molecule has 2 aliphatic rings. The number of hydrogen-bond donors (Lipinski definition) is 0. The van der Waals surface area contributed by atoms with E-state index < -0.39 is 5.60 Å². The number of rotatable bonds is 1. The molecule has 3 rings (SSSR count). The summed E-state index contributed by atoms with van der Waals surface area (Å²) in [6.45, 7) is 9.46. The summed E-state index contributed by atoms with van der Waals surface area (Å²) < 4.78 is 5.47. The van der Waals surface area contributed by atoms with E-state index in [9.17, 15) is 4.79 Å². The Bertz CT molecular complexity index is 495. The second-order valence-electron chi connectivity index (χ2n) is 7.15. The summed E-state index contributed by atoms with van der Waals surface area (Å²) in [5.74, 6) is 1.13. The molecule has 2 saturated heterocycles. The number of para-hydroxylation sites is 1. The van der Waals surface area contributed by atoms with Gasteiger partial charge >= 0.3 is 6.09 Å². The molecule has 0 saturated carbocycles. The number of carbonyl (C=O) groups excluding carboxylic acids is 1. The molecule has 2 heterocycles. The highest BCUT2D eigenvalue weighted by molar-refractivity contribution is 5.68. The van der Waals surface area contributed by atoms with Crippen molar-refractivity contribution in [2.75, 3.05) is 31.1 Å². The molecule has 0 unspecified atom stereocenters. The smallest absolute Gasteiger partial charge is 0.410 e. The molecule has 0 radical (unpaired) electrons. The van der Waals surface area contributed by atoms with Crippen molar-refractivity contribution < 1.29 is 9.53 Å². The largest absolute Gasteiger partial charge is 0.444 e. The van der Waals surface area contributed by atoms with E-state index in [4.69, 9.17) is 4.74 Å². The summed E-state index contributed by atoms with van der Waals surface area (Å²) in [7, 11) is 0. The van der Waals surface area contributed by atoms with Gasteiger partial charge in [0.25, 0.3) is 0 Å². The highest BCUT2D eigenvalue weighted by atomic mass is 16.6. The average Bonchev–Trinajstić information content (AvgIpc) is 2.95. The molecule has 0 bridgehead atoms. The average molecular weight is 288 g/mol. The zero-order valence-electron chi connectivity index (χ0n) is 13.1. The van der Waals surface area contributed by atoms with E-state index in [1.165, 1.54) is 5.69 Å². The first kappa shape index (κ1) is 14.2. The van der Waals surface area contributed by atoms with Crippen LogP contribution < -0.4 is 4.90 Å². The highest BCUT2D eigenvalue weighted by Gasteiger charge is 2.42. The van der Waals surface area contributed by atoms with Gasteiger partial charge in [0.1, 0.15) is 5.60 Å². The number of nitrogens with zero attached hydrogens (tertiary/aromatic N) is 2. The summed E-state index contributed by atoms with van der Waals surface area (Å²) >= 11 is 0. The summed E-state index contributed by atoms with van der Waals surface area (Å²) in [4.78, 5) is 16.4. The van der Waals surface area contributed by atoms with Gasteiger partial charge in [0.15, 0.2) is 0 Å². The van der Waals surface area contributed by atoms with Crippen LogP contribution in [-0.4, -0.2) is 42.8 Å². The fourth-order valence-corrected chi connectivity index (χ4v) is 3.32. The van der Waals surface area contributed by atoms with Gasteiger partial charge in [-0.25, -0.2) is 4.79 Å². The fourth-order valence-electron chi connectivity index (χ4n) is 3.32. The summed E-state index contributed by atoms with van der Waals surface area (Å²) in [6.07, 6.45) is -0.164. The minimum absolute atomic E-state index is 0.164. The first-order chi connectivity index (χ1) is 9.92. The number of fused-ring (bicyclic) bond motifs is 1. The van der Waals surface area contributed by atoms with Crippen molar-refractivity contribution in [3.05, 3.63) is 30.3 Å². The minimum atomic E-state index is -0.412. The summed E-state index contributed by atoms with van der Waals surface area (Å²) in [5.41, 5.74) is 0.876. The van der Waals surface area contributed by atoms with Crippen LogP contribution in [0.2, 0.25) is 0 Å². The minimum Gasteiger partial charge on any atom is -0.444 e. The van der Waals surface area contributed by atoms with Crippen LogP contribution in [0.25, 0.3) is 0 Å². The van der Waals surface area contributed by atoms with Crippen LogP contribution in [0.4, 0.5) is 10.5 Å². The molecule has 1 aromatic rings. The third kappa shape index (κ3) is 3.14. The van der Waals surface area contributed by atoms with Crippen molar-refractivity contribution in [1.29, 1.82) is 0 Å². The quantitative estimate of drug-likeness (QED) is 0.796. The topological polar surface area (TPSA) is 32.8 Å². The standard InChI is InChI=1S/C17H24N2O2/c1-17(2,3)21-16(20)19-11-13-9-18(10-14(13)12-19)15-7-5-4-6-8-15/h4-8,13-14H,9-12H2,1-3H3/t13-,14+. The number of anilines is 1. The Balaban J connectivity index is 1.58. The normalized spacial score (nSPS) is 25.1. The third-order valence-corrected chi connectivity index (χ3v) is 4.26. The Kier molecular flexibility index (Phi) is 3.56. The van der Waals surface area contributed by atoms with Crippen molar-refractivity contribution in [2.45, 2.75) is 26.4 Å². The lowest BCUT2D eigenvalue weighted by atomic mass is 10.0. The molecule has 2 aliphatic heterocycles. The van der Waals surface area contributed by atoms with Gasteiger partial charge in [-0.1, -0.05) is 18.2 Å². The van der Waals surface area contributed by atoms with Gasteiger partial charge in [-0.3, -0.25) is 0 Å². The van der Waals surface area contributed by atoms with E-state index in [0.29, 0.717) is 11.8 Å². The van der Waals surface area contributed by atoms with Crippen molar-refractivity contribution >= 4 is 11.8 Å². The van der Waals surface area contributed by atoms with Crippen LogP contribution in [0, 0.1) is 11.8 Å². The van der Waals surface area contributed by atoms with Gasteiger partial charge in [-0.05, 0) is 32.9 Å². The van der Waals surface area contributed by atoms with Crippen LogP contribution >= 0.6 is 0 Å². The number of carbonyl (C=O) groups is 1. The molecular formula is C17H24N2O2. The van der Waals surface area contributed by atoms with Crippen molar-refractivity contribution in [3.63, 3.8) is 0 Å². The number of ether oxygens (including phenoxy) is 1. The third-order valence-electron chi connectivity index (χ3n) is 4.26. The van der Waals surface area contributed by atoms with E-state index in [-0.39, 0.29) is 6.09 Å². The first-order valence-electron chi connectivity index (χ1n) is 7.70. The molecule has 21 heavy (non-hydrogen) atoms. The van der Waals surface area contributed by atoms with Crippen LogP contribution in [0.15, 0.2) is 30.3 Å². The van der Waals surface area contributed by atoms with Crippen molar-refractivity contribution in [3.8, 4) is 0 Å². The first-order valence-corrected chi connectivity index (χ1v) is 7.70. The number of likely N-dealkylation sites (tertiary alicyclic amines) is 1. The predicted molar refractivity (Wildman–Crippen MR) is 83.4 cm³/mol. The molecule has 2 atom stereocenters. The molecular weight excluding hydrogens is 264 g/mol. The lowest BCUT2D eigenvalue weighted by Crippen LogP contribution is -2.37. The number of amides is 1. The summed E-state index contributed by atoms with van der Waals surface area (Å²) in [6, 6.07) is 10.5. The van der Waals surface area contributed by atoms with Gasteiger partial charge in [0, 0.05) is 43.7 Å². The van der Waals surface area contributed by atoms with Crippen LogP contribution in [0.1, 0.15) is 20.8 Å². The van der Waals surface area contributed by atoms with E-state index in [1.54, 1.807) is 0 Å². The van der Waals surface area contributed by atoms with Gasteiger partial charge in [-0.2, -0.15) is 0 Å². The van der Waals surface area contributed by atoms with E-state index in [2.05, 4.69) is 29.2 Å². The van der Waals surface area contributed by atoms with E-state index >= 15 is 0 Å². The second kappa shape index (κ2) is 5.24. The Morgan fingerprint density at radius 1 is 1.05 bits per heavy atom. The maximum Gasteiger partial charge on any atom is 0.410 e. The Morgan fingerprint density at radius 3 is 2.14 bits per heavy atom. The predicted octanol–water partition coefficient (Wildman–Crippen LogP) is 2.99. The van der Waals surface area contributed by atoms with Crippen LogP contribution in [-0.2, 0) is 4.74 Å². The highest BCUT2D eigenvalue weighted by Crippen LogP contribution is 2.34. The molecule has 0 aromatic heterocycles. The molecule has 0 N–H and O–H groups in total. The van der Waals surface area contributed by atoms with Gasteiger partial charge in [0.05, 0.1) is 0 Å². The monoisotopic (exact) mass is 288 g/mol. The van der Waals surface area contributed by atoms with Gasteiger partial charge < -0.3 is 14.5 Å². The Labute approximate surface area is 126 Å².